The lowest BCUT2D eigenvalue weighted by Gasteiger charge is -2.07. The molecule has 0 aliphatic carbocycles. The molecule has 0 fully saturated rings. The van der Waals surface area contributed by atoms with Gasteiger partial charge in [0.05, 0.1) is 5.56 Å². The van der Waals surface area contributed by atoms with Crippen LogP contribution in [0.2, 0.25) is 0 Å². The van der Waals surface area contributed by atoms with E-state index < -0.39 is 0 Å². The van der Waals surface area contributed by atoms with Crippen molar-refractivity contribution in [2.75, 3.05) is 13.1 Å². The topological polar surface area (TPSA) is 84.0 Å². The summed E-state index contributed by atoms with van der Waals surface area (Å²) in [4.78, 5) is 31.5. The Bertz CT molecular complexity index is 629. The van der Waals surface area contributed by atoms with Crippen LogP contribution in [0.15, 0.2) is 42.7 Å². The second-order valence-corrected chi connectivity index (χ2v) is 4.42. The van der Waals surface area contributed by atoms with Gasteiger partial charge < -0.3 is 10.6 Å². The first-order chi connectivity index (χ1) is 10.2. The molecule has 0 spiro atoms. The van der Waals surface area contributed by atoms with Gasteiger partial charge in [0.25, 0.3) is 11.8 Å². The molecular weight excluding hydrogens is 268 g/mol. The van der Waals surface area contributed by atoms with Crippen LogP contribution in [-0.2, 0) is 0 Å². The molecule has 2 heterocycles. The maximum atomic E-state index is 11.8. The van der Waals surface area contributed by atoms with E-state index in [-0.39, 0.29) is 11.8 Å². The molecule has 0 aliphatic heterocycles. The molecule has 6 heteroatoms. The predicted molar refractivity (Wildman–Crippen MR) is 77.9 cm³/mol. The first-order valence-corrected chi connectivity index (χ1v) is 6.57. The summed E-state index contributed by atoms with van der Waals surface area (Å²) in [5.74, 6) is -0.472. The first-order valence-electron chi connectivity index (χ1n) is 6.57. The van der Waals surface area contributed by atoms with E-state index in [0.717, 1.165) is 5.69 Å². The summed E-state index contributed by atoms with van der Waals surface area (Å²) in [6.07, 6.45) is 3.09. The molecule has 0 saturated heterocycles. The highest BCUT2D eigenvalue weighted by Crippen LogP contribution is 1.97. The van der Waals surface area contributed by atoms with Crippen LogP contribution >= 0.6 is 0 Å². The average Bonchev–Trinajstić information content (AvgIpc) is 2.52. The number of aromatic nitrogens is 2. The van der Waals surface area contributed by atoms with Gasteiger partial charge >= 0.3 is 0 Å². The number of aryl methyl sites for hydroxylation is 1. The van der Waals surface area contributed by atoms with E-state index in [1.165, 1.54) is 6.20 Å². The Labute approximate surface area is 122 Å². The molecule has 2 rings (SSSR count). The Balaban J connectivity index is 1.75. The molecule has 2 N–H and O–H groups in total. The fraction of sp³-hybridized carbons (Fsp3) is 0.200. The largest absolute Gasteiger partial charge is 0.350 e. The van der Waals surface area contributed by atoms with E-state index in [0.29, 0.717) is 24.3 Å². The van der Waals surface area contributed by atoms with E-state index in [9.17, 15) is 9.59 Å². The Morgan fingerprint density at radius 2 is 1.81 bits per heavy atom. The van der Waals surface area contributed by atoms with E-state index in [1.54, 1.807) is 30.5 Å². The second kappa shape index (κ2) is 7.14. The van der Waals surface area contributed by atoms with Crippen LogP contribution in [0, 0.1) is 6.92 Å². The molecule has 2 aromatic rings. The van der Waals surface area contributed by atoms with Gasteiger partial charge in [0.1, 0.15) is 5.69 Å². The highest BCUT2D eigenvalue weighted by Gasteiger charge is 2.07. The molecule has 0 unspecified atom stereocenters. The minimum Gasteiger partial charge on any atom is -0.350 e. The van der Waals surface area contributed by atoms with Crippen LogP contribution in [0.5, 0.6) is 0 Å². The van der Waals surface area contributed by atoms with Crippen LogP contribution < -0.4 is 10.6 Å². The number of hydrogen-bond acceptors (Lipinski definition) is 4. The summed E-state index contributed by atoms with van der Waals surface area (Å²) >= 11 is 0. The van der Waals surface area contributed by atoms with Crippen molar-refractivity contribution in [2.24, 2.45) is 0 Å². The monoisotopic (exact) mass is 284 g/mol. The number of amides is 2. The van der Waals surface area contributed by atoms with Crippen LogP contribution in [0.1, 0.15) is 26.5 Å². The lowest BCUT2D eigenvalue weighted by atomic mass is 10.3. The Hall–Kier alpha value is -2.76. The van der Waals surface area contributed by atoms with Crippen molar-refractivity contribution in [2.45, 2.75) is 6.92 Å². The van der Waals surface area contributed by atoms with Crippen LogP contribution in [0.25, 0.3) is 0 Å². The molecule has 0 radical (unpaired) electrons. The van der Waals surface area contributed by atoms with E-state index >= 15 is 0 Å². The number of nitrogens with one attached hydrogen (secondary N) is 2. The van der Waals surface area contributed by atoms with Crippen molar-refractivity contribution >= 4 is 11.8 Å². The van der Waals surface area contributed by atoms with Crippen LogP contribution in [-0.4, -0.2) is 34.9 Å². The molecule has 108 valence electrons. The van der Waals surface area contributed by atoms with Gasteiger partial charge in [0.2, 0.25) is 0 Å². The number of nitrogens with zero attached hydrogens (tertiary/aromatic N) is 2. The molecule has 21 heavy (non-hydrogen) atoms. The smallest absolute Gasteiger partial charge is 0.269 e. The van der Waals surface area contributed by atoms with E-state index in [4.69, 9.17) is 0 Å². The number of carbonyl (C=O) groups excluding carboxylic acids is 2. The molecule has 6 nitrogen and oxygen atoms in total. The third-order valence-corrected chi connectivity index (χ3v) is 2.74. The van der Waals surface area contributed by atoms with Crippen molar-refractivity contribution in [3.05, 3.63) is 59.7 Å². The van der Waals surface area contributed by atoms with Gasteiger partial charge in [-0.3, -0.25) is 14.6 Å². The number of rotatable bonds is 5. The second-order valence-electron chi connectivity index (χ2n) is 4.42. The lowest BCUT2D eigenvalue weighted by Crippen LogP contribution is -2.35. The zero-order valence-corrected chi connectivity index (χ0v) is 11.7. The summed E-state index contributed by atoms with van der Waals surface area (Å²) in [6.45, 7) is 2.50. The van der Waals surface area contributed by atoms with Crippen LogP contribution in [0.4, 0.5) is 0 Å². The summed E-state index contributed by atoms with van der Waals surface area (Å²) in [5, 5.41) is 5.40. The molecule has 0 saturated carbocycles. The Morgan fingerprint density at radius 1 is 1.05 bits per heavy atom. The van der Waals surface area contributed by atoms with Crippen molar-refractivity contribution in [1.29, 1.82) is 0 Å². The van der Waals surface area contributed by atoms with Crippen molar-refractivity contribution in [3.8, 4) is 0 Å². The number of carbonyl (C=O) groups is 2. The van der Waals surface area contributed by atoms with Gasteiger partial charge in [-0.25, -0.2) is 4.98 Å². The van der Waals surface area contributed by atoms with E-state index in [1.807, 2.05) is 13.0 Å². The number of hydrogen-bond donors (Lipinski definition) is 2. The zero-order chi connectivity index (χ0) is 15.1. The highest BCUT2D eigenvalue weighted by molar-refractivity contribution is 5.94. The minimum atomic E-state index is -0.255. The molecule has 0 aromatic carbocycles. The van der Waals surface area contributed by atoms with Crippen LogP contribution in [0.3, 0.4) is 0 Å². The Morgan fingerprint density at radius 3 is 2.48 bits per heavy atom. The summed E-state index contributed by atoms with van der Waals surface area (Å²) in [6, 6.07) is 8.63. The normalized spacial score (nSPS) is 9.95. The predicted octanol–water partition coefficient (Wildman–Crippen LogP) is 0.945. The molecule has 0 bridgehead atoms. The molecule has 0 aliphatic rings. The standard InChI is InChI=1S/C15H16N4O2/c1-11-4-2-6-13(19-11)15(21)18-9-8-17-14(20)12-5-3-7-16-10-12/h2-7,10H,8-9H2,1H3,(H,17,20)(H,18,21). The summed E-state index contributed by atoms with van der Waals surface area (Å²) < 4.78 is 0. The van der Waals surface area contributed by atoms with Crippen molar-refractivity contribution in [3.63, 3.8) is 0 Å². The van der Waals surface area contributed by atoms with E-state index in [2.05, 4.69) is 20.6 Å². The van der Waals surface area contributed by atoms with Crippen molar-refractivity contribution in [1.82, 2.24) is 20.6 Å². The molecule has 0 atom stereocenters. The lowest BCUT2D eigenvalue weighted by molar-refractivity contribution is 0.0925. The molecule has 2 aromatic heterocycles. The van der Waals surface area contributed by atoms with Gasteiger partial charge in [-0.2, -0.15) is 0 Å². The van der Waals surface area contributed by atoms with Gasteiger partial charge in [0, 0.05) is 31.2 Å². The average molecular weight is 284 g/mol. The number of pyridine rings is 2. The Kier molecular flexibility index (Phi) is 4.98. The quantitative estimate of drug-likeness (QED) is 0.800. The van der Waals surface area contributed by atoms with Gasteiger partial charge in [-0.05, 0) is 31.2 Å². The third kappa shape index (κ3) is 4.38. The highest BCUT2D eigenvalue weighted by atomic mass is 16.2. The molecule has 2 amide bonds. The fourth-order valence-electron chi connectivity index (χ4n) is 1.71. The maximum absolute atomic E-state index is 11.8. The van der Waals surface area contributed by atoms with Gasteiger partial charge in [0.15, 0.2) is 0 Å². The SMILES string of the molecule is Cc1cccc(C(=O)NCCNC(=O)c2cccnc2)n1. The first kappa shape index (κ1) is 14.6. The summed E-state index contributed by atoms with van der Waals surface area (Å²) in [5.41, 5.74) is 1.64. The fourth-order valence-corrected chi connectivity index (χ4v) is 1.71. The minimum absolute atomic E-state index is 0.217. The van der Waals surface area contributed by atoms with Gasteiger partial charge in [-0.15, -0.1) is 0 Å². The molecular formula is C15H16N4O2. The summed E-state index contributed by atoms with van der Waals surface area (Å²) in [7, 11) is 0. The van der Waals surface area contributed by atoms with Gasteiger partial charge in [-0.1, -0.05) is 6.07 Å². The van der Waals surface area contributed by atoms with Crippen molar-refractivity contribution < 1.29 is 9.59 Å². The third-order valence-electron chi connectivity index (χ3n) is 2.74. The maximum Gasteiger partial charge on any atom is 0.269 e. The zero-order valence-electron chi connectivity index (χ0n) is 11.7.